The topological polar surface area (TPSA) is 26.3 Å². The molecule has 2 fully saturated rings. The maximum absolute atomic E-state index is 12.2. The lowest BCUT2D eigenvalue weighted by molar-refractivity contribution is 0.102. The number of hydrogen-bond acceptors (Lipinski definition) is 3. The monoisotopic (exact) mass is 276 g/mol. The smallest absolute Gasteiger partial charge is 0.172 e. The molecular formula is C16H20O2S. The molecule has 1 aromatic carbocycles. The molecule has 0 atom stereocenters. The van der Waals surface area contributed by atoms with Gasteiger partial charge >= 0.3 is 0 Å². The second-order valence-electron chi connectivity index (χ2n) is 5.49. The van der Waals surface area contributed by atoms with Crippen molar-refractivity contribution in [1.29, 1.82) is 0 Å². The van der Waals surface area contributed by atoms with Crippen LogP contribution in [0.1, 0.15) is 48.9 Å². The van der Waals surface area contributed by atoms with Crippen LogP contribution in [0.15, 0.2) is 24.3 Å². The minimum atomic E-state index is 0.234. The van der Waals surface area contributed by atoms with Crippen molar-refractivity contribution in [3.8, 4) is 5.75 Å². The Balaban J connectivity index is 1.55. The van der Waals surface area contributed by atoms with Gasteiger partial charge in [0.2, 0.25) is 0 Å². The standard InChI is InChI=1S/C16H20O2S/c17-16(11-19-15-6-1-2-7-15)12-4-3-5-14(10-12)18-13-8-9-13/h3-5,10,13,15H,1-2,6-9,11H2. The zero-order valence-corrected chi connectivity index (χ0v) is 12.0. The van der Waals surface area contributed by atoms with E-state index in [2.05, 4.69) is 0 Å². The van der Waals surface area contributed by atoms with E-state index in [0.717, 1.165) is 24.2 Å². The van der Waals surface area contributed by atoms with Gasteiger partial charge in [-0.25, -0.2) is 0 Å². The third-order valence-corrected chi connectivity index (χ3v) is 5.11. The van der Waals surface area contributed by atoms with E-state index >= 15 is 0 Å². The zero-order chi connectivity index (χ0) is 13.1. The molecule has 19 heavy (non-hydrogen) atoms. The maximum Gasteiger partial charge on any atom is 0.172 e. The highest BCUT2D eigenvalue weighted by Crippen LogP contribution is 2.30. The number of hydrogen-bond donors (Lipinski definition) is 0. The van der Waals surface area contributed by atoms with Gasteiger partial charge in [-0.3, -0.25) is 4.79 Å². The Morgan fingerprint density at radius 2 is 2.00 bits per heavy atom. The van der Waals surface area contributed by atoms with Crippen LogP contribution in [-0.4, -0.2) is 22.9 Å². The van der Waals surface area contributed by atoms with E-state index in [1.165, 1.54) is 25.7 Å². The normalized spacial score (nSPS) is 19.6. The highest BCUT2D eigenvalue weighted by Gasteiger charge is 2.23. The third kappa shape index (κ3) is 3.75. The van der Waals surface area contributed by atoms with E-state index in [4.69, 9.17) is 4.74 Å². The number of ether oxygens (including phenoxy) is 1. The summed E-state index contributed by atoms with van der Waals surface area (Å²) >= 11 is 1.83. The van der Waals surface area contributed by atoms with Crippen LogP contribution in [0.3, 0.4) is 0 Å². The van der Waals surface area contributed by atoms with Crippen LogP contribution in [0.25, 0.3) is 0 Å². The number of ketones is 1. The summed E-state index contributed by atoms with van der Waals surface area (Å²) in [5.41, 5.74) is 0.795. The van der Waals surface area contributed by atoms with Gasteiger partial charge in [0.05, 0.1) is 11.9 Å². The minimum Gasteiger partial charge on any atom is -0.490 e. The van der Waals surface area contributed by atoms with Crippen molar-refractivity contribution in [3.63, 3.8) is 0 Å². The lowest BCUT2D eigenvalue weighted by Crippen LogP contribution is -2.07. The number of carbonyl (C=O) groups excluding carboxylic acids is 1. The summed E-state index contributed by atoms with van der Waals surface area (Å²) in [4.78, 5) is 12.2. The molecule has 102 valence electrons. The fourth-order valence-electron chi connectivity index (χ4n) is 2.45. The Hall–Kier alpha value is -0.960. The molecule has 1 aromatic rings. The minimum absolute atomic E-state index is 0.234. The average Bonchev–Trinajstić information content (AvgIpc) is 3.08. The van der Waals surface area contributed by atoms with Gasteiger partial charge in [0.15, 0.2) is 5.78 Å². The molecule has 0 aliphatic heterocycles. The predicted octanol–water partition coefficient (Wildman–Crippen LogP) is 4.09. The van der Waals surface area contributed by atoms with Crippen LogP contribution in [0.4, 0.5) is 0 Å². The van der Waals surface area contributed by atoms with E-state index in [0.29, 0.717) is 17.1 Å². The zero-order valence-electron chi connectivity index (χ0n) is 11.1. The first-order valence-corrected chi connectivity index (χ1v) is 8.27. The summed E-state index contributed by atoms with van der Waals surface area (Å²) in [5, 5.41) is 0.704. The Morgan fingerprint density at radius 3 is 2.74 bits per heavy atom. The van der Waals surface area contributed by atoms with Crippen molar-refractivity contribution >= 4 is 17.5 Å². The molecule has 0 amide bonds. The molecule has 3 heteroatoms. The van der Waals surface area contributed by atoms with Crippen molar-refractivity contribution in [3.05, 3.63) is 29.8 Å². The fourth-order valence-corrected chi connectivity index (χ4v) is 3.67. The molecule has 0 spiro atoms. The lowest BCUT2D eigenvalue weighted by Gasteiger charge is -2.09. The summed E-state index contributed by atoms with van der Waals surface area (Å²) in [6.07, 6.45) is 7.91. The average molecular weight is 276 g/mol. The van der Waals surface area contributed by atoms with Gasteiger partial charge in [-0.05, 0) is 37.8 Å². The van der Waals surface area contributed by atoms with Gasteiger partial charge in [0.1, 0.15) is 5.75 Å². The number of thioether (sulfide) groups is 1. The Labute approximate surface area is 118 Å². The summed E-state index contributed by atoms with van der Waals surface area (Å²) in [6.45, 7) is 0. The van der Waals surface area contributed by atoms with E-state index in [1.54, 1.807) is 0 Å². The summed E-state index contributed by atoms with van der Waals surface area (Å²) in [6, 6.07) is 7.66. The molecule has 2 saturated carbocycles. The first-order valence-electron chi connectivity index (χ1n) is 7.23. The number of benzene rings is 1. The van der Waals surface area contributed by atoms with Gasteiger partial charge in [-0.2, -0.15) is 11.8 Å². The molecule has 0 unspecified atom stereocenters. The van der Waals surface area contributed by atoms with Crippen molar-refractivity contribution < 1.29 is 9.53 Å². The molecule has 0 saturated heterocycles. The summed E-state index contributed by atoms with van der Waals surface area (Å²) < 4.78 is 5.74. The van der Waals surface area contributed by atoms with Crippen LogP contribution < -0.4 is 4.74 Å². The Bertz CT molecular complexity index is 448. The van der Waals surface area contributed by atoms with Crippen molar-refractivity contribution in [2.45, 2.75) is 49.9 Å². The molecule has 0 N–H and O–H groups in total. The molecule has 2 aliphatic rings. The molecule has 2 nitrogen and oxygen atoms in total. The third-order valence-electron chi connectivity index (χ3n) is 3.74. The summed E-state index contributed by atoms with van der Waals surface area (Å²) in [7, 11) is 0. The second-order valence-corrected chi connectivity index (χ2v) is 6.77. The van der Waals surface area contributed by atoms with Crippen LogP contribution in [-0.2, 0) is 0 Å². The van der Waals surface area contributed by atoms with Crippen LogP contribution in [0, 0.1) is 0 Å². The van der Waals surface area contributed by atoms with Gasteiger partial charge in [0, 0.05) is 10.8 Å². The van der Waals surface area contributed by atoms with E-state index in [-0.39, 0.29) is 5.78 Å². The largest absolute Gasteiger partial charge is 0.490 e. The van der Waals surface area contributed by atoms with Crippen molar-refractivity contribution in [2.24, 2.45) is 0 Å². The number of rotatable bonds is 6. The van der Waals surface area contributed by atoms with E-state index in [9.17, 15) is 4.79 Å². The SMILES string of the molecule is O=C(CSC1CCCC1)c1cccc(OC2CC2)c1. The van der Waals surface area contributed by atoms with Crippen molar-refractivity contribution in [2.75, 3.05) is 5.75 Å². The van der Waals surface area contributed by atoms with Gasteiger partial charge in [0.25, 0.3) is 0 Å². The molecule has 0 aromatic heterocycles. The van der Waals surface area contributed by atoms with Crippen LogP contribution >= 0.6 is 11.8 Å². The Morgan fingerprint density at radius 1 is 1.21 bits per heavy atom. The fraction of sp³-hybridized carbons (Fsp3) is 0.562. The maximum atomic E-state index is 12.2. The quantitative estimate of drug-likeness (QED) is 0.732. The summed E-state index contributed by atoms with van der Waals surface area (Å²) in [5.74, 6) is 1.69. The molecule has 0 radical (unpaired) electrons. The van der Waals surface area contributed by atoms with Gasteiger partial charge in [-0.15, -0.1) is 0 Å². The predicted molar refractivity (Wildman–Crippen MR) is 79.1 cm³/mol. The van der Waals surface area contributed by atoms with Gasteiger partial charge in [-0.1, -0.05) is 25.0 Å². The molecular weight excluding hydrogens is 256 g/mol. The van der Waals surface area contributed by atoms with Crippen LogP contribution in [0.2, 0.25) is 0 Å². The molecule has 3 rings (SSSR count). The Kier molecular flexibility index (Phi) is 4.12. The van der Waals surface area contributed by atoms with Crippen molar-refractivity contribution in [1.82, 2.24) is 0 Å². The van der Waals surface area contributed by atoms with E-state index in [1.807, 2.05) is 36.0 Å². The highest BCUT2D eigenvalue weighted by atomic mass is 32.2. The molecule has 0 bridgehead atoms. The molecule has 2 aliphatic carbocycles. The number of carbonyl (C=O) groups is 1. The van der Waals surface area contributed by atoms with Crippen LogP contribution in [0.5, 0.6) is 5.75 Å². The molecule has 0 heterocycles. The number of Topliss-reactive ketones (excluding diaryl/α,β-unsaturated/α-hetero) is 1. The highest BCUT2D eigenvalue weighted by molar-refractivity contribution is 8.00. The first kappa shape index (κ1) is 13.0. The second kappa shape index (κ2) is 6.00. The lowest BCUT2D eigenvalue weighted by atomic mass is 10.1. The first-order chi connectivity index (χ1) is 9.31. The van der Waals surface area contributed by atoms with E-state index < -0.39 is 0 Å². The van der Waals surface area contributed by atoms with Gasteiger partial charge < -0.3 is 4.74 Å².